The van der Waals surface area contributed by atoms with Gasteiger partial charge in [-0.2, -0.15) is 0 Å². The number of hydrogen-bond donors (Lipinski definition) is 2. The van der Waals surface area contributed by atoms with Gasteiger partial charge in [0.2, 0.25) is 0 Å². The van der Waals surface area contributed by atoms with E-state index in [1.54, 1.807) is 18.2 Å². The van der Waals surface area contributed by atoms with Crippen LogP contribution in [0.1, 0.15) is 16.1 Å². The van der Waals surface area contributed by atoms with E-state index in [4.69, 9.17) is 5.11 Å². The second-order valence-electron chi connectivity index (χ2n) is 3.83. The number of carbonyl (C=O) groups is 1. The first-order valence-electron chi connectivity index (χ1n) is 5.43. The van der Waals surface area contributed by atoms with Crippen LogP contribution in [0.4, 0.5) is 10.1 Å². The number of aromatic nitrogens is 1. The zero-order valence-electron chi connectivity index (χ0n) is 9.73. The van der Waals surface area contributed by atoms with Crippen molar-refractivity contribution in [2.45, 2.75) is 6.54 Å². The summed E-state index contributed by atoms with van der Waals surface area (Å²) in [5, 5.41) is 11.7. The lowest BCUT2D eigenvalue weighted by molar-refractivity contribution is 0.0696. The van der Waals surface area contributed by atoms with E-state index in [2.05, 4.69) is 26.2 Å². The molecule has 2 rings (SSSR count). The van der Waals surface area contributed by atoms with E-state index in [-0.39, 0.29) is 11.4 Å². The van der Waals surface area contributed by atoms with E-state index >= 15 is 0 Å². The van der Waals surface area contributed by atoms with Gasteiger partial charge in [0, 0.05) is 11.9 Å². The van der Waals surface area contributed by atoms with E-state index in [1.807, 2.05) is 0 Å². The maximum Gasteiger partial charge on any atom is 0.337 e. The number of rotatable bonds is 4. The highest BCUT2D eigenvalue weighted by atomic mass is 79.9. The van der Waals surface area contributed by atoms with Crippen molar-refractivity contribution in [3.63, 3.8) is 0 Å². The van der Waals surface area contributed by atoms with Crippen LogP contribution >= 0.6 is 15.9 Å². The Kier molecular flexibility index (Phi) is 4.11. The SMILES string of the molecule is O=C(O)c1ccc(CNc2ccc(Br)c(F)c2)nc1. The van der Waals surface area contributed by atoms with E-state index in [1.165, 1.54) is 18.3 Å². The van der Waals surface area contributed by atoms with Crippen LogP contribution in [0.25, 0.3) is 0 Å². The van der Waals surface area contributed by atoms with Gasteiger partial charge in [-0.3, -0.25) is 4.98 Å². The molecule has 0 unspecified atom stereocenters. The molecule has 0 saturated heterocycles. The standard InChI is InChI=1S/C13H10BrFN2O2/c14-11-4-3-9(5-12(11)15)17-7-10-2-1-8(6-16-10)13(18)19/h1-6,17H,7H2,(H,18,19). The summed E-state index contributed by atoms with van der Waals surface area (Å²) in [7, 11) is 0. The molecule has 2 N–H and O–H groups in total. The first-order valence-corrected chi connectivity index (χ1v) is 6.22. The minimum absolute atomic E-state index is 0.137. The Hall–Kier alpha value is -1.95. The molecule has 0 aliphatic heterocycles. The largest absolute Gasteiger partial charge is 0.478 e. The summed E-state index contributed by atoms with van der Waals surface area (Å²) in [6, 6.07) is 7.81. The molecule has 0 saturated carbocycles. The number of carboxylic acids is 1. The normalized spacial score (nSPS) is 10.2. The van der Waals surface area contributed by atoms with E-state index in [0.29, 0.717) is 22.4 Å². The second kappa shape index (κ2) is 5.79. The van der Waals surface area contributed by atoms with Gasteiger partial charge in [-0.05, 0) is 46.3 Å². The molecule has 0 aliphatic rings. The Morgan fingerprint density at radius 3 is 2.74 bits per heavy atom. The van der Waals surface area contributed by atoms with Crippen LogP contribution < -0.4 is 5.32 Å². The average molecular weight is 325 g/mol. The number of nitrogens with zero attached hydrogens (tertiary/aromatic N) is 1. The highest BCUT2D eigenvalue weighted by Crippen LogP contribution is 2.19. The number of halogens is 2. The Morgan fingerprint density at radius 2 is 2.16 bits per heavy atom. The first-order chi connectivity index (χ1) is 9.06. The number of nitrogens with one attached hydrogen (secondary N) is 1. The predicted octanol–water partition coefficient (Wildman–Crippen LogP) is 3.29. The fourth-order valence-corrected chi connectivity index (χ4v) is 1.70. The van der Waals surface area contributed by atoms with Crippen LogP contribution in [0, 0.1) is 5.82 Å². The van der Waals surface area contributed by atoms with Gasteiger partial charge in [-0.15, -0.1) is 0 Å². The highest BCUT2D eigenvalue weighted by molar-refractivity contribution is 9.10. The lowest BCUT2D eigenvalue weighted by Gasteiger charge is -2.06. The molecule has 0 bridgehead atoms. The molecule has 0 amide bonds. The zero-order chi connectivity index (χ0) is 13.8. The summed E-state index contributed by atoms with van der Waals surface area (Å²) in [5.74, 6) is -1.36. The van der Waals surface area contributed by atoms with Crippen LogP contribution in [-0.4, -0.2) is 16.1 Å². The van der Waals surface area contributed by atoms with Gasteiger partial charge in [0.05, 0.1) is 22.3 Å². The summed E-state index contributed by atoms with van der Waals surface area (Å²) in [6.07, 6.45) is 1.29. The maximum atomic E-state index is 13.3. The molecule has 0 spiro atoms. The quantitative estimate of drug-likeness (QED) is 0.905. The molecular weight excluding hydrogens is 315 g/mol. The van der Waals surface area contributed by atoms with Crippen molar-refractivity contribution in [2.24, 2.45) is 0 Å². The fourth-order valence-electron chi connectivity index (χ4n) is 1.45. The van der Waals surface area contributed by atoms with Gasteiger partial charge in [-0.25, -0.2) is 9.18 Å². The number of pyridine rings is 1. The molecule has 98 valence electrons. The smallest absolute Gasteiger partial charge is 0.337 e. The van der Waals surface area contributed by atoms with Crippen molar-refractivity contribution in [2.75, 3.05) is 5.32 Å². The molecule has 4 nitrogen and oxygen atoms in total. The molecule has 6 heteroatoms. The molecule has 19 heavy (non-hydrogen) atoms. The number of benzene rings is 1. The summed E-state index contributed by atoms with van der Waals surface area (Å²) in [6.45, 7) is 0.390. The minimum atomic E-state index is -1.01. The van der Waals surface area contributed by atoms with Crippen LogP contribution in [0.15, 0.2) is 41.0 Å². The van der Waals surface area contributed by atoms with Crippen molar-refractivity contribution in [3.05, 3.63) is 58.1 Å². The molecule has 1 aromatic carbocycles. The topological polar surface area (TPSA) is 62.2 Å². The first kappa shape index (κ1) is 13.5. The molecule has 0 radical (unpaired) electrons. The lowest BCUT2D eigenvalue weighted by atomic mass is 10.2. The van der Waals surface area contributed by atoms with Crippen molar-refractivity contribution < 1.29 is 14.3 Å². The van der Waals surface area contributed by atoms with Crippen LogP contribution in [0.3, 0.4) is 0 Å². The second-order valence-corrected chi connectivity index (χ2v) is 4.68. The monoisotopic (exact) mass is 324 g/mol. The lowest BCUT2D eigenvalue weighted by Crippen LogP contribution is -2.04. The van der Waals surface area contributed by atoms with Crippen molar-refractivity contribution in [3.8, 4) is 0 Å². The Balaban J connectivity index is 2.01. The van der Waals surface area contributed by atoms with E-state index < -0.39 is 5.97 Å². The number of carboxylic acid groups (broad SMARTS) is 1. The van der Waals surface area contributed by atoms with Crippen LogP contribution in [0.2, 0.25) is 0 Å². The average Bonchev–Trinajstić information content (AvgIpc) is 2.40. The van der Waals surface area contributed by atoms with Gasteiger partial charge in [0.25, 0.3) is 0 Å². The predicted molar refractivity (Wildman–Crippen MR) is 72.6 cm³/mol. The Morgan fingerprint density at radius 1 is 1.37 bits per heavy atom. The van der Waals surface area contributed by atoms with Crippen LogP contribution in [0.5, 0.6) is 0 Å². The molecule has 2 aromatic rings. The molecule has 0 aliphatic carbocycles. The third-order valence-electron chi connectivity index (χ3n) is 2.46. The summed E-state index contributed by atoms with van der Waals surface area (Å²) in [4.78, 5) is 14.7. The Labute approximate surface area is 117 Å². The van der Waals surface area contributed by atoms with Gasteiger partial charge in [0.15, 0.2) is 0 Å². The van der Waals surface area contributed by atoms with E-state index in [0.717, 1.165) is 0 Å². The van der Waals surface area contributed by atoms with E-state index in [9.17, 15) is 9.18 Å². The summed E-state index contributed by atoms with van der Waals surface area (Å²) >= 11 is 3.08. The zero-order valence-corrected chi connectivity index (χ0v) is 11.3. The van der Waals surface area contributed by atoms with Gasteiger partial charge in [-0.1, -0.05) is 0 Å². The molecule has 0 atom stereocenters. The molecule has 0 fully saturated rings. The number of hydrogen-bond acceptors (Lipinski definition) is 3. The molecule has 1 aromatic heterocycles. The third kappa shape index (κ3) is 3.51. The van der Waals surface area contributed by atoms with Gasteiger partial charge in [0.1, 0.15) is 5.82 Å². The highest BCUT2D eigenvalue weighted by Gasteiger charge is 2.04. The minimum Gasteiger partial charge on any atom is -0.478 e. The van der Waals surface area contributed by atoms with Crippen LogP contribution in [-0.2, 0) is 6.54 Å². The summed E-state index contributed by atoms with van der Waals surface area (Å²) < 4.78 is 13.7. The maximum absolute atomic E-state index is 13.3. The number of anilines is 1. The van der Waals surface area contributed by atoms with Crippen molar-refractivity contribution in [1.82, 2.24) is 4.98 Å². The third-order valence-corrected chi connectivity index (χ3v) is 3.11. The Bertz CT molecular complexity index is 602. The van der Waals surface area contributed by atoms with Gasteiger partial charge < -0.3 is 10.4 Å². The fraction of sp³-hybridized carbons (Fsp3) is 0.0769. The van der Waals surface area contributed by atoms with Crippen molar-refractivity contribution >= 4 is 27.6 Å². The summed E-state index contributed by atoms with van der Waals surface area (Å²) in [5.41, 5.74) is 1.44. The van der Waals surface area contributed by atoms with Gasteiger partial charge >= 0.3 is 5.97 Å². The molecule has 1 heterocycles. The molecular formula is C13H10BrFN2O2. The number of aromatic carboxylic acids is 1. The van der Waals surface area contributed by atoms with Crippen molar-refractivity contribution in [1.29, 1.82) is 0 Å².